The van der Waals surface area contributed by atoms with Crippen molar-refractivity contribution in [2.24, 2.45) is 0 Å². The largest absolute Gasteiger partial charge is 0.380 e. The Labute approximate surface area is 133 Å². The van der Waals surface area contributed by atoms with Crippen LogP contribution in [0.1, 0.15) is 5.56 Å². The second kappa shape index (κ2) is 6.91. The molecular formula is C16H18BrN3O. The second-order valence-corrected chi connectivity index (χ2v) is 5.80. The highest BCUT2D eigenvalue weighted by Crippen LogP contribution is 2.17. The van der Waals surface area contributed by atoms with Crippen molar-refractivity contribution in [2.75, 3.05) is 36.5 Å². The third-order valence-electron chi connectivity index (χ3n) is 3.54. The fraction of sp³-hybridized carbons (Fsp3) is 0.312. The molecule has 1 saturated heterocycles. The molecule has 2 aromatic rings. The normalized spacial score (nSPS) is 15.0. The van der Waals surface area contributed by atoms with Gasteiger partial charge in [0.05, 0.1) is 25.1 Å². The number of rotatable bonds is 4. The molecule has 0 bridgehead atoms. The van der Waals surface area contributed by atoms with Gasteiger partial charge in [0, 0.05) is 25.3 Å². The van der Waals surface area contributed by atoms with E-state index in [-0.39, 0.29) is 0 Å². The molecule has 1 aliphatic heterocycles. The van der Waals surface area contributed by atoms with Gasteiger partial charge >= 0.3 is 0 Å². The van der Waals surface area contributed by atoms with Gasteiger partial charge in [-0.2, -0.15) is 0 Å². The summed E-state index contributed by atoms with van der Waals surface area (Å²) in [5.74, 6) is 0. The van der Waals surface area contributed by atoms with Crippen LogP contribution in [0.25, 0.3) is 0 Å². The summed E-state index contributed by atoms with van der Waals surface area (Å²) in [5.41, 5.74) is 3.55. The fourth-order valence-corrected chi connectivity index (χ4v) is 2.57. The maximum atomic E-state index is 5.38. The number of hydrogen-bond donors (Lipinski definition) is 1. The summed E-state index contributed by atoms with van der Waals surface area (Å²) < 4.78 is 6.23. The molecular weight excluding hydrogens is 330 g/mol. The predicted molar refractivity (Wildman–Crippen MR) is 88.7 cm³/mol. The quantitative estimate of drug-likeness (QED) is 0.861. The Hall–Kier alpha value is -1.59. The molecule has 21 heavy (non-hydrogen) atoms. The molecule has 0 radical (unpaired) electrons. The van der Waals surface area contributed by atoms with Crippen molar-refractivity contribution >= 4 is 27.3 Å². The lowest BCUT2D eigenvalue weighted by Gasteiger charge is -2.28. The van der Waals surface area contributed by atoms with Crippen LogP contribution in [0.15, 0.2) is 47.2 Å². The summed E-state index contributed by atoms with van der Waals surface area (Å²) in [6, 6.07) is 12.7. The highest BCUT2D eigenvalue weighted by atomic mass is 79.9. The summed E-state index contributed by atoms with van der Waals surface area (Å²) in [7, 11) is 0. The Kier molecular flexibility index (Phi) is 4.72. The van der Waals surface area contributed by atoms with E-state index < -0.39 is 0 Å². The van der Waals surface area contributed by atoms with Crippen molar-refractivity contribution in [2.45, 2.75) is 6.54 Å². The molecule has 0 saturated carbocycles. The van der Waals surface area contributed by atoms with Crippen molar-refractivity contribution in [1.29, 1.82) is 0 Å². The Morgan fingerprint density at radius 2 is 1.86 bits per heavy atom. The lowest BCUT2D eigenvalue weighted by molar-refractivity contribution is 0.122. The molecule has 110 valence electrons. The molecule has 1 aromatic heterocycles. The second-order valence-electron chi connectivity index (χ2n) is 4.99. The summed E-state index contributed by atoms with van der Waals surface area (Å²) in [4.78, 5) is 6.56. The first-order valence-electron chi connectivity index (χ1n) is 7.08. The average Bonchev–Trinajstić information content (AvgIpc) is 2.56. The van der Waals surface area contributed by atoms with E-state index >= 15 is 0 Å². The zero-order valence-corrected chi connectivity index (χ0v) is 13.3. The Morgan fingerprint density at radius 1 is 1.10 bits per heavy atom. The van der Waals surface area contributed by atoms with Crippen LogP contribution < -0.4 is 10.2 Å². The van der Waals surface area contributed by atoms with Crippen LogP contribution >= 0.6 is 15.9 Å². The number of morpholine rings is 1. The predicted octanol–water partition coefficient (Wildman–Crippen LogP) is 3.29. The number of halogens is 1. The van der Waals surface area contributed by atoms with Crippen molar-refractivity contribution < 1.29 is 4.74 Å². The molecule has 5 heteroatoms. The molecule has 4 nitrogen and oxygen atoms in total. The molecule has 3 rings (SSSR count). The summed E-state index contributed by atoms with van der Waals surface area (Å²) >= 11 is 3.33. The highest BCUT2D eigenvalue weighted by Gasteiger charge is 2.10. The first kappa shape index (κ1) is 14.4. The molecule has 0 amide bonds. The van der Waals surface area contributed by atoms with Crippen molar-refractivity contribution in [3.05, 3.63) is 52.8 Å². The van der Waals surface area contributed by atoms with Crippen molar-refractivity contribution in [3.8, 4) is 0 Å². The van der Waals surface area contributed by atoms with E-state index in [0.717, 1.165) is 43.1 Å². The third kappa shape index (κ3) is 3.95. The minimum atomic E-state index is 0.798. The SMILES string of the molecule is Brc1ccc(NCc2ccc(N3CCOCC3)cc2)cn1. The van der Waals surface area contributed by atoms with Gasteiger partial charge in [-0.3, -0.25) is 0 Å². The molecule has 1 aliphatic rings. The van der Waals surface area contributed by atoms with E-state index in [2.05, 4.69) is 55.4 Å². The summed E-state index contributed by atoms with van der Waals surface area (Å²) in [6.45, 7) is 4.39. The number of aromatic nitrogens is 1. The Bertz CT molecular complexity index is 565. The van der Waals surface area contributed by atoms with E-state index in [0.29, 0.717) is 0 Å². The number of pyridine rings is 1. The van der Waals surface area contributed by atoms with Crippen LogP contribution in [0, 0.1) is 0 Å². The number of nitrogens with zero attached hydrogens (tertiary/aromatic N) is 2. The molecule has 1 N–H and O–H groups in total. The molecule has 1 fully saturated rings. The van der Waals surface area contributed by atoms with Gasteiger partial charge in [0.1, 0.15) is 4.60 Å². The maximum absolute atomic E-state index is 5.38. The maximum Gasteiger partial charge on any atom is 0.106 e. The third-order valence-corrected chi connectivity index (χ3v) is 4.01. The van der Waals surface area contributed by atoms with Crippen LogP contribution in [0.2, 0.25) is 0 Å². The first-order valence-corrected chi connectivity index (χ1v) is 7.88. The monoisotopic (exact) mass is 347 g/mol. The molecule has 0 atom stereocenters. The topological polar surface area (TPSA) is 37.4 Å². The van der Waals surface area contributed by atoms with Crippen molar-refractivity contribution in [3.63, 3.8) is 0 Å². The number of nitrogens with one attached hydrogen (secondary N) is 1. The smallest absolute Gasteiger partial charge is 0.106 e. The summed E-state index contributed by atoms with van der Waals surface area (Å²) in [5, 5.41) is 3.37. The van der Waals surface area contributed by atoms with Crippen LogP contribution in [0.5, 0.6) is 0 Å². The lowest BCUT2D eigenvalue weighted by Crippen LogP contribution is -2.36. The van der Waals surface area contributed by atoms with E-state index in [1.165, 1.54) is 11.3 Å². The first-order chi connectivity index (χ1) is 10.3. The van der Waals surface area contributed by atoms with Gasteiger partial charge in [-0.15, -0.1) is 0 Å². The molecule has 0 unspecified atom stereocenters. The summed E-state index contributed by atoms with van der Waals surface area (Å²) in [6.07, 6.45) is 1.83. The Morgan fingerprint density at radius 3 is 2.52 bits per heavy atom. The molecule has 2 heterocycles. The number of benzene rings is 1. The van der Waals surface area contributed by atoms with E-state index in [1.807, 2.05) is 18.3 Å². The van der Waals surface area contributed by atoms with Crippen LogP contribution in [0.4, 0.5) is 11.4 Å². The van der Waals surface area contributed by atoms with Crippen LogP contribution in [0.3, 0.4) is 0 Å². The molecule has 0 spiro atoms. The average molecular weight is 348 g/mol. The van der Waals surface area contributed by atoms with E-state index in [9.17, 15) is 0 Å². The fourth-order valence-electron chi connectivity index (χ4n) is 2.33. The van der Waals surface area contributed by atoms with Gasteiger partial charge in [0.25, 0.3) is 0 Å². The molecule has 1 aromatic carbocycles. The lowest BCUT2D eigenvalue weighted by atomic mass is 10.2. The van der Waals surface area contributed by atoms with Gasteiger partial charge in [0.15, 0.2) is 0 Å². The number of anilines is 2. The minimum absolute atomic E-state index is 0.798. The zero-order valence-electron chi connectivity index (χ0n) is 11.8. The highest BCUT2D eigenvalue weighted by molar-refractivity contribution is 9.10. The Balaban J connectivity index is 1.57. The number of hydrogen-bond acceptors (Lipinski definition) is 4. The van der Waals surface area contributed by atoms with E-state index in [4.69, 9.17) is 4.74 Å². The van der Waals surface area contributed by atoms with Crippen molar-refractivity contribution in [1.82, 2.24) is 4.98 Å². The van der Waals surface area contributed by atoms with Gasteiger partial charge in [0.2, 0.25) is 0 Å². The van der Waals surface area contributed by atoms with E-state index in [1.54, 1.807) is 0 Å². The van der Waals surface area contributed by atoms with Gasteiger partial charge < -0.3 is 15.0 Å². The van der Waals surface area contributed by atoms with Crippen LogP contribution in [-0.4, -0.2) is 31.3 Å². The standard InChI is InChI=1S/C16H18BrN3O/c17-16-6-3-14(12-19-16)18-11-13-1-4-15(5-2-13)20-7-9-21-10-8-20/h1-6,12,18H,7-11H2. The van der Waals surface area contributed by atoms with Gasteiger partial charge in [-0.05, 0) is 45.8 Å². The number of ether oxygens (including phenoxy) is 1. The van der Waals surface area contributed by atoms with Gasteiger partial charge in [-0.25, -0.2) is 4.98 Å². The van der Waals surface area contributed by atoms with Gasteiger partial charge in [-0.1, -0.05) is 12.1 Å². The minimum Gasteiger partial charge on any atom is -0.380 e. The molecule has 0 aliphatic carbocycles. The zero-order chi connectivity index (χ0) is 14.5. The van der Waals surface area contributed by atoms with Crippen LogP contribution in [-0.2, 0) is 11.3 Å².